The third kappa shape index (κ3) is 3.20. The Morgan fingerprint density at radius 1 is 1.13 bits per heavy atom. The Morgan fingerprint density at radius 3 is 2.63 bits per heavy atom. The lowest BCUT2D eigenvalue weighted by molar-refractivity contribution is -0.136. The number of hydrogen-bond donors (Lipinski definition) is 1. The van der Waals surface area contributed by atoms with Crippen molar-refractivity contribution >= 4 is 39.0 Å². The van der Waals surface area contributed by atoms with Crippen LogP contribution in [0.25, 0.3) is 15.7 Å². The molecule has 2 fully saturated rings. The average Bonchev–Trinajstić information content (AvgIpc) is 3.33. The van der Waals surface area contributed by atoms with Crippen LogP contribution in [0, 0.1) is 0 Å². The second-order valence-corrected chi connectivity index (χ2v) is 9.48. The molecule has 2 saturated heterocycles. The van der Waals surface area contributed by atoms with Gasteiger partial charge in [-0.2, -0.15) is 0 Å². The van der Waals surface area contributed by atoms with E-state index in [4.69, 9.17) is 4.74 Å². The molecule has 1 N–H and O–H groups in total. The second kappa shape index (κ2) is 7.71. The molecule has 30 heavy (non-hydrogen) atoms. The van der Waals surface area contributed by atoms with Crippen molar-refractivity contribution in [3.63, 3.8) is 0 Å². The van der Waals surface area contributed by atoms with Crippen LogP contribution in [0.3, 0.4) is 0 Å². The van der Waals surface area contributed by atoms with E-state index in [0.717, 1.165) is 23.3 Å². The van der Waals surface area contributed by atoms with Crippen molar-refractivity contribution in [2.75, 3.05) is 20.2 Å². The van der Waals surface area contributed by atoms with Gasteiger partial charge in [0.1, 0.15) is 0 Å². The van der Waals surface area contributed by atoms with Gasteiger partial charge in [-0.1, -0.05) is 18.2 Å². The minimum Gasteiger partial charge on any atom is -0.466 e. The van der Waals surface area contributed by atoms with Crippen LogP contribution in [0.1, 0.15) is 37.0 Å². The van der Waals surface area contributed by atoms with E-state index in [9.17, 15) is 14.7 Å². The van der Waals surface area contributed by atoms with Crippen molar-refractivity contribution in [1.29, 1.82) is 0 Å². The van der Waals surface area contributed by atoms with E-state index in [1.807, 2.05) is 21.9 Å². The Morgan fingerprint density at radius 2 is 1.90 bits per heavy atom. The Labute approximate surface area is 179 Å². The highest BCUT2D eigenvalue weighted by molar-refractivity contribution is 7.20. The molecule has 6 nitrogen and oxygen atoms in total. The molecular formula is C23H26N2O4S. The first-order chi connectivity index (χ1) is 14.6. The number of rotatable bonds is 2. The van der Waals surface area contributed by atoms with E-state index < -0.39 is 0 Å². The molecule has 0 saturated carbocycles. The van der Waals surface area contributed by atoms with E-state index in [0.29, 0.717) is 37.9 Å². The van der Waals surface area contributed by atoms with E-state index in [-0.39, 0.29) is 30.2 Å². The maximum atomic E-state index is 13.4. The number of benzene rings is 1. The highest BCUT2D eigenvalue weighted by atomic mass is 32.1. The number of esters is 1. The molecule has 158 valence electrons. The number of hydrogen-bond acceptors (Lipinski definition) is 5. The number of amides is 2. The normalized spacial score (nSPS) is 24.6. The van der Waals surface area contributed by atoms with Crippen LogP contribution in [0.15, 0.2) is 35.9 Å². The van der Waals surface area contributed by atoms with Gasteiger partial charge >= 0.3 is 12.0 Å². The molecule has 0 unspecified atom stereocenters. The van der Waals surface area contributed by atoms with Crippen LogP contribution in [-0.4, -0.2) is 65.3 Å². The molecule has 2 aromatic rings. The number of aliphatic hydroxyl groups is 1. The lowest BCUT2D eigenvalue weighted by Crippen LogP contribution is -2.54. The van der Waals surface area contributed by atoms with Gasteiger partial charge < -0.3 is 19.6 Å². The van der Waals surface area contributed by atoms with Gasteiger partial charge in [-0.15, -0.1) is 11.3 Å². The number of piperidine rings is 1. The lowest BCUT2D eigenvalue weighted by Gasteiger charge is -2.41. The van der Waals surface area contributed by atoms with Gasteiger partial charge in [0, 0.05) is 28.7 Å². The van der Waals surface area contributed by atoms with Crippen LogP contribution < -0.4 is 0 Å². The highest BCUT2D eigenvalue weighted by Crippen LogP contribution is 2.46. The topological polar surface area (TPSA) is 70.1 Å². The summed E-state index contributed by atoms with van der Waals surface area (Å²) in [7, 11) is 1.41. The van der Waals surface area contributed by atoms with Crippen molar-refractivity contribution in [3.8, 4) is 0 Å². The standard InChI is InChI=1S/C23H26N2O4S/c1-29-22(27)21-17(20-12-14-4-2-3-5-19(14)30-20)13-15-6-7-18(21)25(15)23(28)24-10-8-16(26)9-11-24/h2-5,12,15-16,18,26H,6-11,13H2,1H3/t15-,18+/m0/s1. The van der Waals surface area contributed by atoms with Crippen LogP contribution in [0.5, 0.6) is 0 Å². The summed E-state index contributed by atoms with van der Waals surface area (Å²) in [5, 5.41) is 11.0. The number of fused-ring (bicyclic) bond motifs is 3. The summed E-state index contributed by atoms with van der Waals surface area (Å²) in [6.07, 6.45) is 3.25. The molecular weight excluding hydrogens is 400 g/mol. The molecule has 3 aliphatic rings. The number of carbonyl (C=O) groups is 2. The first-order valence-electron chi connectivity index (χ1n) is 10.6. The molecule has 5 rings (SSSR count). The predicted octanol–water partition coefficient (Wildman–Crippen LogP) is 3.64. The zero-order chi connectivity index (χ0) is 20.8. The summed E-state index contributed by atoms with van der Waals surface area (Å²) in [4.78, 5) is 31.1. The molecule has 2 amide bonds. The molecule has 1 aromatic heterocycles. The van der Waals surface area contributed by atoms with Crippen molar-refractivity contribution < 1.29 is 19.4 Å². The van der Waals surface area contributed by atoms with Gasteiger partial charge in [-0.25, -0.2) is 9.59 Å². The summed E-state index contributed by atoms with van der Waals surface area (Å²) in [5.41, 5.74) is 1.68. The van der Waals surface area contributed by atoms with Gasteiger partial charge in [0.2, 0.25) is 0 Å². The number of methoxy groups -OCH3 is 1. The summed E-state index contributed by atoms with van der Waals surface area (Å²) in [5.74, 6) is -0.334. The zero-order valence-corrected chi connectivity index (χ0v) is 17.9. The highest BCUT2D eigenvalue weighted by Gasteiger charge is 2.48. The minimum absolute atomic E-state index is 0.00815. The lowest BCUT2D eigenvalue weighted by atomic mass is 9.92. The fourth-order valence-electron chi connectivity index (χ4n) is 5.16. The number of thiophene rings is 1. The Balaban J connectivity index is 1.52. The zero-order valence-electron chi connectivity index (χ0n) is 17.0. The molecule has 1 aromatic carbocycles. The van der Waals surface area contributed by atoms with Gasteiger partial charge in [0.05, 0.1) is 24.8 Å². The van der Waals surface area contributed by atoms with E-state index in [2.05, 4.69) is 18.2 Å². The van der Waals surface area contributed by atoms with Gasteiger partial charge in [0.25, 0.3) is 0 Å². The Kier molecular flexibility index (Phi) is 5.03. The average molecular weight is 427 g/mol. The summed E-state index contributed by atoms with van der Waals surface area (Å²) in [6.45, 7) is 1.13. The largest absolute Gasteiger partial charge is 0.466 e. The number of ether oxygens (including phenoxy) is 1. The van der Waals surface area contributed by atoms with Crippen molar-refractivity contribution in [2.24, 2.45) is 0 Å². The van der Waals surface area contributed by atoms with Crippen LogP contribution in [0.4, 0.5) is 4.79 Å². The third-order valence-corrected chi connectivity index (χ3v) is 7.86. The summed E-state index contributed by atoms with van der Waals surface area (Å²) in [6, 6.07) is 10.2. The molecule has 2 atom stereocenters. The number of likely N-dealkylation sites (tertiary alicyclic amines) is 1. The smallest absolute Gasteiger partial charge is 0.336 e. The molecule has 0 aliphatic carbocycles. The number of nitrogens with zero attached hydrogens (tertiary/aromatic N) is 2. The first kappa shape index (κ1) is 19.6. The van der Waals surface area contributed by atoms with E-state index >= 15 is 0 Å². The van der Waals surface area contributed by atoms with Crippen molar-refractivity contribution in [2.45, 2.75) is 50.3 Å². The quantitative estimate of drug-likeness (QED) is 0.745. The number of aliphatic hydroxyl groups excluding tert-OH is 1. The molecule has 2 bridgehead atoms. The Bertz CT molecular complexity index is 988. The van der Waals surface area contributed by atoms with Crippen LogP contribution >= 0.6 is 11.3 Å². The van der Waals surface area contributed by atoms with Crippen LogP contribution in [-0.2, 0) is 9.53 Å². The number of urea groups is 1. The fourth-order valence-corrected chi connectivity index (χ4v) is 6.29. The van der Waals surface area contributed by atoms with Crippen molar-refractivity contribution in [3.05, 3.63) is 40.8 Å². The summed E-state index contributed by atoms with van der Waals surface area (Å²) < 4.78 is 6.37. The Hall–Kier alpha value is -2.38. The maximum Gasteiger partial charge on any atom is 0.336 e. The molecule has 4 heterocycles. The third-order valence-electron chi connectivity index (χ3n) is 6.68. The molecule has 3 aliphatic heterocycles. The van der Waals surface area contributed by atoms with E-state index in [1.54, 1.807) is 11.3 Å². The van der Waals surface area contributed by atoms with Gasteiger partial charge in [0.15, 0.2) is 0 Å². The monoisotopic (exact) mass is 426 g/mol. The summed E-state index contributed by atoms with van der Waals surface area (Å²) >= 11 is 1.70. The molecule has 0 radical (unpaired) electrons. The first-order valence-corrected chi connectivity index (χ1v) is 11.4. The van der Waals surface area contributed by atoms with Gasteiger partial charge in [-0.05, 0) is 55.2 Å². The van der Waals surface area contributed by atoms with E-state index in [1.165, 1.54) is 17.2 Å². The predicted molar refractivity (Wildman–Crippen MR) is 116 cm³/mol. The van der Waals surface area contributed by atoms with Crippen LogP contribution in [0.2, 0.25) is 0 Å². The molecule has 7 heteroatoms. The van der Waals surface area contributed by atoms with Gasteiger partial charge in [-0.3, -0.25) is 0 Å². The second-order valence-electron chi connectivity index (χ2n) is 8.39. The number of carbonyl (C=O) groups excluding carboxylic acids is 2. The molecule has 0 spiro atoms. The van der Waals surface area contributed by atoms with Crippen molar-refractivity contribution in [1.82, 2.24) is 9.80 Å². The fraction of sp³-hybridized carbons (Fsp3) is 0.478. The minimum atomic E-state index is -0.334. The SMILES string of the molecule is COC(=O)C1=C(c2cc3ccccc3s2)C[C@@H]2CC[C@H]1N2C(=O)N1CCC(O)CC1. The maximum absolute atomic E-state index is 13.4.